The molecule has 5 aromatic rings. The van der Waals surface area contributed by atoms with E-state index >= 15 is 0 Å². The fourth-order valence-corrected chi connectivity index (χ4v) is 5.93. The van der Waals surface area contributed by atoms with Gasteiger partial charge in [0.05, 0.1) is 17.9 Å². The zero-order valence-electron chi connectivity index (χ0n) is 19.4. The van der Waals surface area contributed by atoms with Gasteiger partial charge in [0.15, 0.2) is 11.4 Å². The largest absolute Gasteiger partial charge is 0.360 e. The van der Waals surface area contributed by atoms with Crippen LogP contribution in [0.25, 0.3) is 16.9 Å². The molecule has 0 bridgehead atoms. The summed E-state index contributed by atoms with van der Waals surface area (Å²) in [6.45, 7) is 5.19. The van der Waals surface area contributed by atoms with Gasteiger partial charge in [0.25, 0.3) is 0 Å². The molecule has 0 aliphatic heterocycles. The van der Waals surface area contributed by atoms with Crippen molar-refractivity contribution in [2.45, 2.75) is 42.1 Å². The molecule has 5 rings (SSSR count). The van der Waals surface area contributed by atoms with E-state index in [1.54, 1.807) is 18.4 Å². The van der Waals surface area contributed by atoms with Crippen molar-refractivity contribution in [1.29, 1.82) is 0 Å². The lowest BCUT2D eigenvalue weighted by molar-refractivity contribution is 0.390. The van der Waals surface area contributed by atoms with Gasteiger partial charge in [-0.1, -0.05) is 64.9 Å². The molecule has 3 heterocycles. The Labute approximate surface area is 207 Å². The monoisotopic (exact) mass is 505 g/mol. The maximum Gasteiger partial charge on any atom is 0.246 e. The second-order valence-electron chi connectivity index (χ2n) is 8.11. The zero-order chi connectivity index (χ0) is 24.6. The van der Waals surface area contributed by atoms with Crippen LogP contribution in [0.2, 0.25) is 0 Å². The van der Waals surface area contributed by atoms with Crippen LogP contribution < -0.4 is 4.72 Å². The molecule has 35 heavy (non-hydrogen) atoms. The van der Waals surface area contributed by atoms with Crippen molar-refractivity contribution < 1.29 is 12.9 Å². The number of sulfonamides is 1. The molecule has 0 aliphatic carbocycles. The Hall–Kier alpha value is -3.47. The number of rotatable bonds is 7. The molecule has 178 valence electrons. The van der Waals surface area contributed by atoms with Crippen LogP contribution in [0.3, 0.4) is 0 Å². The summed E-state index contributed by atoms with van der Waals surface area (Å²) < 4.78 is 35.7. The number of imidazole rings is 1. The summed E-state index contributed by atoms with van der Waals surface area (Å²) >= 11 is 1.52. The van der Waals surface area contributed by atoms with Gasteiger partial charge in [-0.05, 0) is 45.0 Å². The van der Waals surface area contributed by atoms with Crippen molar-refractivity contribution in [1.82, 2.24) is 24.5 Å². The number of fused-ring (bicyclic) bond motifs is 1. The average molecular weight is 506 g/mol. The number of nitrogens with one attached hydrogen (secondary N) is 1. The number of benzene rings is 2. The number of nitrogens with zero attached hydrogens (tertiary/aromatic N) is 4. The molecule has 0 spiro atoms. The van der Waals surface area contributed by atoms with Gasteiger partial charge in [-0.3, -0.25) is 0 Å². The zero-order valence-corrected chi connectivity index (χ0v) is 21.0. The van der Waals surface area contributed by atoms with Gasteiger partial charge < -0.3 is 4.52 Å². The maximum absolute atomic E-state index is 13.1. The van der Waals surface area contributed by atoms with Crippen LogP contribution in [0.5, 0.6) is 0 Å². The van der Waals surface area contributed by atoms with E-state index < -0.39 is 10.0 Å². The highest BCUT2D eigenvalue weighted by Gasteiger charge is 2.25. The number of aryl methyl sites for hydroxylation is 3. The molecule has 1 N–H and O–H groups in total. The van der Waals surface area contributed by atoms with Crippen LogP contribution in [0.1, 0.15) is 22.7 Å². The fraction of sp³-hybridized carbons (Fsp3) is 0.160. The Bertz CT molecular complexity index is 1590. The minimum absolute atomic E-state index is 0.0107. The first kappa shape index (κ1) is 23.3. The van der Waals surface area contributed by atoms with Gasteiger partial charge in [-0.2, -0.15) is 5.10 Å². The van der Waals surface area contributed by atoms with E-state index in [0.29, 0.717) is 22.7 Å². The summed E-state index contributed by atoms with van der Waals surface area (Å²) in [4.78, 5) is 5.89. The third-order valence-corrected chi connectivity index (χ3v) is 8.08. The summed E-state index contributed by atoms with van der Waals surface area (Å²) in [5.41, 5.74) is 4.24. The standard InChI is InChI=1S/C25H23N5O3S2/c1-16-9-11-19(12-10-16)24-21(15-26-35(31,32)25-17(2)29-33-18(25)3)30-22(27-24)13-14-23(28-30)34-20-7-5-4-6-8-20/h4-14,26H,15H2,1-3H3. The quantitative estimate of drug-likeness (QED) is 0.334. The van der Waals surface area contributed by atoms with E-state index in [-0.39, 0.29) is 17.2 Å². The normalized spacial score (nSPS) is 11.9. The van der Waals surface area contributed by atoms with Gasteiger partial charge in [-0.25, -0.2) is 22.6 Å². The van der Waals surface area contributed by atoms with E-state index in [9.17, 15) is 8.42 Å². The first-order valence-corrected chi connectivity index (χ1v) is 13.2. The predicted molar refractivity (Wildman–Crippen MR) is 134 cm³/mol. The lowest BCUT2D eigenvalue weighted by Gasteiger charge is -2.09. The molecule has 0 atom stereocenters. The van der Waals surface area contributed by atoms with Gasteiger partial charge in [-0.15, -0.1) is 0 Å². The fourth-order valence-electron chi connectivity index (χ4n) is 3.82. The topological polar surface area (TPSA) is 102 Å². The molecular weight excluding hydrogens is 482 g/mol. The van der Waals surface area contributed by atoms with Gasteiger partial charge in [0, 0.05) is 10.5 Å². The summed E-state index contributed by atoms with van der Waals surface area (Å²) in [5.74, 6) is 0.242. The highest BCUT2D eigenvalue weighted by atomic mass is 32.2. The molecule has 2 aromatic carbocycles. The summed E-state index contributed by atoms with van der Waals surface area (Å²) in [6, 6.07) is 21.7. The van der Waals surface area contributed by atoms with Crippen molar-refractivity contribution in [3.8, 4) is 11.3 Å². The molecule has 0 radical (unpaired) electrons. The van der Waals surface area contributed by atoms with Crippen LogP contribution in [0, 0.1) is 20.8 Å². The van der Waals surface area contributed by atoms with Gasteiger partial charge >= 0.3 is 0 Å². The molecular formula is C25H23N5O3S2. The Morgan fingerprint density at radius 3 is 2.40 bits per heavy atom. The van der Waals surface area contributed by atoms with E-state index in [2.05, 4.69) is 9.88 Å². The Morgan fingerprint density at radius 1 is 0.971 bits per heavy atom. The van der Waals surface area contributed by atoms with E-state index in [1.807, 2.05) is 73.7 Å². The third-order valence-electron chi connectivity index (χ3n) is 5.50. The maximum atomic E-state index is 13.1. The van der Waals surface area contributed by atoms with Crippen molar-refractivity contribution >= 4 is 27.4 Å². The van der Waals surface area contributed by atoms with Crippen LogP contribution in [0.15, 0.2) is 86.1 Å². The Morgan fingerprint density at radius 2 is 1.71 bits per heavy atom. The number of hydrogen-bond donors (Lipinski definition) is 1. The average Bonchev–Trinajstić information content (AvgIpc) is 3.38. The van der Waals surface area contributed by atoms with Crippen molar-refractivity contribution in [2.24, 2.45) is 0 Å². The summed E-state index contributed by atoms with van der Waals surface area (Å²) in [6.07, 6.45) is 0. The number of hydrogen-bond acceptors (Lipinski definition) is 7. The van der Waals surface area contributed by atoms with Gasteiger partial charge in [0.1, 0.15) is 15.6 Å². The molecule has 3 aromatic heterocycles. The summed E-state index contributed by atoms with van der Waals surface area (Å²) in [7, 11) is -3.87. The first-order chi connectivity index (χ1) is 16.8. The third kappa shape index (κ3) is 4.72. The molecule has 10 heteroatoms. The second kappa shape index (κ2) is 9.29. The molecule has 0 fully saturated rings. The highest BCUT2D eigenvalue weighted by molar-refractivity contribution is 7.99. The number of aromatic nitrogens is 4. The van der Waals surface area contributed by atoms with Crippen molar-refractivity contribution in [3.05, 3.63) is 89.4 Å². The minimum atomic E-state index is -3.87. The predicted octanol–water partition coefficient (Wildman–Crippen LogP) is 4.94. The highest BCUT2D eigenvalue weighted by Crippen LogP contribution is 2.29. The molecule has 0 saturated heterocycles. The van der Waals surface area contributed by atoms with Crippen molar-refractivity contribution in [3.63, 3.8) is 0 Å². The molecule has 0 amide bonds. The molecule has 0 unspecified atom stereocenters. The van der Waals surface area contributed by atoms with Crippen LogP contribution in [-0.4, -0.2) is 28.2 Å². The first-order valence-electron chi connectivity index (χ1n) is 10.9. The van der Waals surface area contributed by atoms with Crippen molar-refractivity contribution in [2.75, 3.05) is 0 Å². The molecule has 8 nitrogen and oxygen atoms in total. The lowest BCUT2D eigenvalue weighted by Crippen LogP contribution is -2.25. The molecule has 0 aliphatic rings. The molecule has 0 saturated carbocycles. The van der Waals surface area contributed by atoms with E-state index in [4.69, 9.17) is 14.6 Å². The van der Waals surface area contributed by atoms with Crippen LogP contribution >= 0.6 is 11.8 Å². The van der Waals surface area contributed by atoms with Crippen LogP contribution in [-0.2, 0) is 16.6 Å². The lowest BCUT2D eigenvalue weighted by atomic mass is 10.1. The minimum Gasteiger partial charge on any atom is -0.360 e. The SMILES string of the molecule is Cc1ccc(-c2nc3ccc(Sc4ccccc4)nn3c2CNS(=O)(=O)c2c(C)noc2C)cc1. The second-order valence-corrected chi connectivity index (χ2v) is 10.9. The Balaban J connectivity index is 1.57. The van der Waals surface area contributed by atoms with Crippen LogP contribution in [0.4, 0.5) is 0 Å². The Kier molecular flexibility index (Phi) is 6.18. The summed E-state index contributed by atoms with van der Waals surface area (Å²) in [5, 5.41) is 9.33. The van der Waals surface area contributed by atoms with E-state index in [0.717, 1.165) is 21.0 Å². The smallest absolute Gasteiger partial charge is 0.246 e. The van der Waals surface area contributed by atoms with Gasteiger partial charge in [0.2, 0.25) is 10.0 Å². The van der Waals surface area contributed by atoms with E-state index in [1.165, 1.54) is 11.8 Å².